The monoisotopic (exact) mass is 355 g/mol. The van der Waals surface area contributed by atoms with Gasteiger partial charge in [0.25, 0.3) is 0 Å². The van der Waals surface area contributed by atoms with Gasteiger partial charge in [0, 0.05) is 18.3 Å². The van der Waals surface area contributed by atoms with Crippen molar-refractivity contribution in [2.24, 2.45) is 0 Å². The summed E-state index contributed by atoms with van der Waals surface area (Å²) in [5, 5.41) is 3.48. The summed E-state index contributed by atoms with van der Waals surface area (Å²) in [6, 6.07) is 6.48. The van der Waals surface area contributed by atoms with E-state index in [2.05, 4.69) is 47.3 Å². The van der Waals surface area contributed by atoms with Crippen molar-refractivity contribution in [2.45, 2.75) is 65.7 Å². The van der Waals surface area contributed by atoms with E-state index >= 15 is 0 Å². The number of hydrogen-bond acceptors (Lipinski definition) is 4. The second kappa shape index (κ2) is 10.8. The Bertz CT molecular complexity index is 685. The van der Waals surface area contributed by atoms with E-state index in [1.54, 1.807) is 7.11 Å². The fourth-order valence-electron chi connectivity index (χ4n) is 3.22. The molecule has 0 aliphatic rings. The number of methoxy groups -OCH3 is 1. The molecule has 0 saturated carbocycles. The molecular weight excluding hydrogens is 322 g/mol. The third-order valence-corrected chi connectivity index (χ3v) is 4.71. The molecule has 4 heteroatoms. The molecule has 1 heterocycles. The summed E-state index contributed by atoms with van der Waals surface area (Å²) >= 11 is 0. The smallest absolute Gasteiger partial charge is 0.132 e. The lowest BCUT2D eigenvalue weighted by Gasteiger charge is -2.13. The van der Waals surface area contributed by atoms with Gasteiger partial charge in [-0.15, -0.1) is 0 Å². The van der Waals surface area contributed by atoms with Crippen LogP contribution in [0.2, 0.25) is 0 Å². The highest BCUT2D eigenvalue weighted by atomic mass is 16.5. The summed E-state index contributed by atoms with van der Waals surface area (Å²) < 4.78 is 5.64. The fourth-order valence-corrected chi connectivity index (χ4v) is 3.22. The van der Waals surface area contributed by atoms with Gasteiger partial charge in [0.1, 0.15) is 17.4 Å². The van der Waals surface area contributed by atoms with Crippen LogP contribution in [0.1, 0.15) is 62.0 Å². The molecule has 26 heavy (non-hydrogen) atoms. The molecule has 2 aromatic rings. The second-order valence-corrected chi connectivity index (χ2v) is 6.74. The number of benzene rings is 1. The van der Waals surface area contributed by atoms with Crippen LogP contribution in [0, 0.1) is 6.92 Å². The Balaban J connectivity index is 1.92. The summed E-state index contributed by atoms with van der Waals surface area (Å²) in [4.78, 5) is 8.97. The number of para-hydroxylation sites is 1. The zero-order valence-corrected chi connectivity index (χ0v) is 16.8. The Morgan fingerprint density at radius 2 is 1.73 bits per heavy atom. The summed E-state index contributed by atoms with van der Waals surface area (Å²) in [5.41, 5.74) is 3.83. The highest BCUT2D eigenvalue weighted by Gasteiger charge is 2.09. The molecule has 0 aliphatic carbocycles. The Hall–Kier alpha value is -2.10. The van der Waals surface area contributed by atoms with Crippen LogP contribution < -0.4 is 10.1 Å². The van der Waals surface area contributed by atoms with E-state index in [4.69, 9.17) is 4.74 Å². The molecule has 2 rings (SSSR count). The molecule has 142 valence electrons. The maximum Gasteiger partial charge on any atom is 0.132 e. The van der Waals surface area contributed by atoms with Gasteiger partial charge in [0.05, 0.1) is 7.11 Å². The molecule has 1 aromatic heterocycles. The average molecular weight is 356 g/mol. The van der Waals surface area contributed by atoms with Gasteiger partial charge in [-0.25, -0.2) is 9.97 Å². The largest absolute Gasteiger partial charge is 0.496 e. The Morgan fingerprint density at radius 3 is 2.42 bits per heavy atom. The van der Waals surface area contributed by atoms with Crippen molar-refractivity contribution in [3.8, 4) is 5.75 Å². The maximum atomic E-state index is 5.64. The van der Waals surface area contributed by atoms with Crippen LogP contribution in [-0.4, -0.2) is 23.6 Å². The summed E-state index contributed by atoms with van der Waals surface area (Å²) in [6.45, 7) is 7.30. The molecule has 1 aromatic carbocycles. The highest BCUT2D eigenvalue weighted by molar-refractivity contribution is 5.43. The quantitative estimate of drug-likeness (QED) is 0.567. The molecule has 0 spiro atoms. The van der Waals surface area contributed by atoms with E-state index in [1.165, 1.54) is 23.1 Å². The lowest BCUT2D eigenvalue weighted by molar-refractivity contribution is 0.404. The van der Waals surface area contributed by atoms with Crippen molar-refractivity contribution in [1.29, 1.82) is 0 Å². The summed E-state index contributed by atoms with van der Waals surface area (Å²) in [5.74, 6) is 2.90. The lowest BCUT2D eigenvalue weighted by Crippen LogP contribution is -2.08. The van der Waals surface area contributed by atoms with E-state index in [0.29, 0.717) is 0 Å². The van der Waals surface area contributed by atoms with Crippen LogP contribution in [-0.2, 0) is 19.3 Å². The van der Waals surface area contributed by atoms with Crippen molar-refractivity contribution in [3.63, 3.8) is 0 Å². The minimum atomic E-state index is 0.828. The number of aromatic nitrogens is 2. The van der Waals surface area contributed by atoms with Crippen molar-refractivity contribution >= 4 is 5.82 Å². The number of aryl methyl sites for hydroxylation is 4. The molecule has 4 nitrogen and oxygen atoms in total. The SMILES string of the molecule is CCCCNc1nc(C)ncc1CCCCc1cccc(CC)c1OC. The standard InChI is InChI=1S/C22H33N3O/c1-5-7-15-23-22-20(16-24-17(3)25-22)12-9-8-11-19-14-10-13-18(6-2)21(19)26-4/h10,13-14,16H,5-9,11-12,15H2,1-4H3,(H,23,24,25). The predicted octanol–water partition coefficient (Wildman–Crippen LogP) is 5.13. The first-order chi connectivity index (χ1) is 12.7. The van der Waals surface area contributed by atoms with Crippen LogP contribution in [0.25, 0.3) is 0 Å². The molecule has 0 amide bonds. The Kier molecular flexibility index (Phi) is 8.39. The maximum absolute atomic E-state index is 5.64. The first-order valence-corrected chi connectivity index (χ1v) is 9.90. The summed E-state index contributed by atoms with van der Waals surface area (Å²) in [7, 11) is 1.77. The van der Waals surface area contributed by atoms with E-state index in [0.717, 1.165) is 62.5 Å². The molecule has 0 radical (unpaired) electrons. The van der Waals surface area contributed by atoms with Crippen LogP contribution in [0.4, 0.5) is 5.82 Å². The van der Waals surface area contributed by atoms with E-state index < -0.39 is 0 Å². The Morgan fingerprint density at radius 1 is 1.00 bits per heavy atom. The van der Waals surface area contributed by atoms with Gasteiger partial charge >= 0.3 is 0 Å². The third kappa shape index (κ3) is 5.72. The zero-order chi connectivity index (χ0) is 18.8. The van der Waals surface area contributed by atoms with Gasteiger partial charge in [-0.05, 0) is 56.6 Å². The molecule has 1 N–H and O–H groups in total. The van der Waals surface area contributed by atoms with Gasteiger partial charge in [0.2, 0.25) is 0 Å². The molecule has 0 unspecified atom stereocenters. The highest BCUT2D eigenvalue weighted by Crippen LogP contribution is 2.26. The normalized spacial score (nSPS) is 10.8. The lowest BCUT2D eigenvalue weighted by atomic mass is 10.0. The number of nitrogens with zero attached hydrogens (tertiary/aromatic N) is 2. The molecule has 0 saturated heterocycles. The van der Waals surface area contributed by atoms with Crippen LogP contribution in [0.5, 0.6) is 5.75 Å². The van der Waals surface area contributed by atoms with Crippen molar-refractivity contribution in [1.82, 2.24) is 9.97 Å². The van der Waals surface area contributed by atoms with Crippen molar-refractivity contribution in [2.75, 3.05) is 19.0 Å². The predicted molar refractivity (Wildman–Crippen MR) is 109 cm³/mol. The third-order valence-electron chi connectivity index (χ3n) is 4.71. The number of unbranched alkanes of at least 4 members (excludes halogenated alkanes) is 2. The van der Waals surface area contributed by atoms with Crippen LogP contribution >= 0.6 is 0 Å². The molecule has 0 aliphatic heterocycles. The summed E-state index contributed by atoms with van der Waals surface area (Å²) in [6.07, 6.45) is 9.63. The van der Waals surface area contributed by atoms with Gasteiger partial charge < -0.3 is 10.1 Å². The van der Waals surface area contributed by atoms with Gasteiger partial charge in [-0.3, -0.25) is 0 Å². The Labute approximate surface area is 158 Å². The first-order valence-electron chi connectivity index (χ1n) is 9.90. The van der Waals surface area contributed by atoms with Gasteiger partial charge in [-0.2, -0.15) is 0 Å². The fraction of sp³-hybridized carbons (Fsp3) is 0.545. The van der Waals surface area contributed by atoms with Crippen molar-refractivity contribution < 1.29 is 4.74 Å². The number of nitrogens with one attached hydrogen (secondary N) is 1. The number of rotatable bonds is 11. The molecule has 0 bridgehead atoms. The molecule has 0 fully saturated rings. The van der Waals surface area contributed by atoms with E-state index in [9.17, 15) is 0 Å². The topological polar surface area (TPSA) is 47.0 Å². The number of ether oxygens (including phenoxy) is 1. The average Bonchev–Trinajstić information content (AvgIpc) is 2.66. The van der Waals surface area contributed by atoms with E-state index in [1.807, 2.05) is 13.1 Å². The number of anilines is 1. The molecule has 0 atom stereocenters. The second-order valence-electron chi connectivity index (χ2n) is 6.74. The van der Waals surface area contributed by atoms with Crippen LogP contribution in [0.15, 0.2) is 24.4 Å². The van der Waals surface area contributed by atoms with Gasteiger partial charge in [-0.1, -0.05) is 38.5 Å². The first kappa shape index (κ1) is 20.2. The van der Waals surface area contributed by atoms with E-state index in [-0.39, 0.29) is 0 Å². The van der Waals surface area contributed by atoms with Crippen LogP contribution in [0.3, 0.4) is 0 Å². The molecular formula is C22H33N3O. The van der Waals surface area contributed by atoms with Gasteiger partial charge in [0.15, 0.2) is 0 Å². The minimum absolute atomic E-state index is 0.828. The number of hydrogen-bond donors (Lipinski definition) is 1. The zero-order valence-electron chi connectivity index (χ0n) is 16.8. The van der Waals surface area contributed by atoms with Crippen molar-refractivity contribution in [3.05, 3.63) is 46.9 Å². The minimum Gasteiger partial charge on any atom is -0.496 e.